The average molecular weight is 507 g/mol. The molecule has 7 nitrogen and oxygen atoms in total. The summed E-state index contributed by atoms with van der Waals surface area (Å²) >= 11 is 1.18. The van der Waals surface area contributed by atoms with Gasteiger partial charge < -0.3 is 10.1 Å². The first-order chi connectivity index (χ1) is 16.1. The minimum Gasteiger partial charge on any atom is -0.455 e. The fourth-order valence-corrected chi connectivity index (χ4v) is 6.68. The Labute approximate surface area is 206 Å². The van der Waals surface area contributed by atoms with Crippen LogP contribution in [0, 0.1) is 11.8 Å². The molecule has 1 fully saturated rings. The molecule has 1 amide bonds. The molecule has 0 bridgehead atoms. The van der Waals surface area contributed by atoms with Crippen LogP contribution in [0.5, 0.6) is 0 Å². The highest BCUT2D eigenvalue weighted by atomic mass is 32.2. The van der Waals surface area contributed by atoms with Gasteiger partial charge in [0.1, 0.15) is 4.21 Å². The molecule has 2 heterocycles. The predicted octanol–water partition coefficient (Wildman–Crippen LogP) is 4.33. The summed E-state index contributed by atoms with van der Waals surface area (Å²) in [5.74, 6) is -0.613. The second-order valence-corrected chi connectivity index (χ2v) is 12.4. The van der Waals surface area contributed by atoms with Crippen LogP contribution in [0.4, 0.5) is 0 Å². The van der Waals surface area contributed by atoms with Gasteiger partial charge in [-0.3, -0.25) is 9.59 Å². The number of benzene rings is 1. The third-order valence-electron chi connectivity index (χ3n) is 6.17. The van der Waals surface area contributed by atoms with Crippen molar-refractivity contribution in [2.24, 2.45) is 11.8 Å². The van der Waals surface area contributed by atoms with Crippen LogP contribution < -0.4 is 5.32 Å². The van der Waals surface area contributed by atoms with Crippen molar-refractivity contribution >= 4 is 33.2 Å². The molecule has 9 heteroatoms. The Bertz CT molecular complexity index is 1060. The Morgan fingerprint density at radius 2 is 1.68 bits per heavy atom. The highest BCUT2D eigenvalue weighted by molar-refractivity contribution is 7.91. The predicted molar refractivity (Wildman–Crippen MR) is 133 cm³/mol. The summed E-state index contributed by atoms with van der Waals surface area (Å²) in [6, 6.07) is 11.3. The van der Waals surface area contributed by atoms with Crippen LogP contribution in [0.2, 0.25) is 0 Å². The van der Waals surface area contributed by atoms with Crippen LogP contribution in [0.15, 0.2) is 46.0 Å². The van der Waals surface area contributed by atoms with Gasteiger partial charge in [-0.25, -0.2) is 8.42 Å². The van der Waals surface area contributed by atoms with E-state index in [1.54, 1.807) is 17.5 Å². The lowest BCUT2D eigenvalue weighted by atomic mass is 9.93. The van der Waals surface area contributed by atoms with E-state index in [0.717, 1.165) is 5.56 Å². The molecule has 1 aromatic carbocycles. The van der Waals surface area contributed by atoms with Crippen molar-refractivity contribution < 1.29 is 22.7 Å². The van der Waals surface area contributed by atoms with E-state index in [4.69, 9.17) is 4.74 Å². The lowest BCUT2D eigenvalue weighted by molar-refractivity contribution is -0.154. The van der Waals surface area contributed by atoms with Crippen LogP contribution in [-0.4, -0.2) is 44.3 Å². The average Bonchev–Trinajstić information content (AvgIpc) is 3.37. The molecule has 0 aliphatic carbocycles. The Hall–Kier alpha value is -2.23. The Morgan fingerprint density at radius 3 is 2.21 bits per heavy atom. The Morgan fingerprint density at radius 1 is 1.06 bits per heavy atom. The van der Waals surface area contributed by atoms with Gasteiger partial charge in [-0.1, -0.05) is 58.0 Å². The number of amides is 1. The van der Waals surface area contributed by atoms with Crippen molar-refractivity contribution in [3.63, 3.8) is 0 Å². The molecule has 1 unspecified atom stereocenters. The Kier molecular flexibility index (Phi) is 8.89. The van der Waals surface area contributed by atoms with Gasteiger partial charge in [0.15, 0.2) is 6.61 Å². The number of thiophene rings is 1. The lowest BCUT2D eigenvalue weighted by Gasteiger charge is -2.29. The first-order valence-electron chi connectivity index (χ1n) is 11.7. The van der Waals surface area contributed by atoms with E-state index in [9.17, 15) is 18.0 Å². The Balaban J connectivity index is 1.49. The number of esters is 1. The maximum absolute atomic E-state index is 12.6. The minimum absolute atomic E-state index is 0.166. The summed E-state index contributed by atoms with van der Waals surface area (Å²) in [5, 5.41) is 4.71. The van der Waals surface area contributed by atoms with Crippen molar-refractivity contribution in [1.29, 1.82) is 0 Å². The largest absolute Gasteiger partial charge is 0.455 e. The van der Waals surface area contributed by atoms with Gasteiger partial charge in [0, 0.05) is 13.1 Å². The molecule has 0 radical (unpaired) electrons. The fraction of sp³-hybridized carbons (Fsp3) is 0.520. The van der Waals surface area contributed by atoms with Crippen molar-refractivity contribution in [1.82, 2.24) is 9.62 Å². The monoisotopic (exact) mass is 506 g/mol. The summed E-state index contributed by atoms with van der Waals surface area (Å²) in [6.45, 7) is 8.51. The van der Waals surface area contributed by atoms with Gasteiger partial charge in [0.2, 0.25) is 0 Å². The molecule has 0 saturated carbocycles. The second kappa shape index (κ2) is 11.5. The molecule has 0 spiro atoms. The number of carbonyl (C=O) groups excluding carboxylic acids is 2. The molecule has 1 aliphatic heterocycles. The van der Waals surface area contributed by atoms with E-state index in [0.29, 0.717) is 23.0 Å². The smallest absolute Gasteiger partial charge is 0.309 e. The van der Waals surface area contributed by atoms with E-state index >= 15 is 0 Å². The van der Waals surface area contributed by atoms with Crippen molar-refractivity contribution in [3.05, 3.63) is 52.9 Å². The SMILES string of the molecule is CC(C)c1ccc(C(NC(=O)COC(=O)C2CCN(S(=O)(=O)c3cccs3)CC2)C(C)C)cc1. The van der Waals surface area contributed by atoms with Crippen molar-refractivity contribution in [2.45, 2.75) is 56.7 Å². The quantitative estimate of drug-likeness (QED) is 0.511. The van der Waals surface area contributed by atoms with Crippen LogP contribution in [0.1, 0.15) is 63.6 Å². The number of carbonyl (C=O) groups is 2. The zero-order chi connectivity index (χ0) is 24.9. The standard InChI is InChI=1S/C25H34N2O5S2/c1-17(2)19-7-9-20(10-8-19)24(18(3)4)26-22(28)16-32-25(29)21-11-13-27(14-12-21)34(30,31)23-6-5-15-33-23/h5-10,15,17-18,21,24H,11-14,16H2,1-4H3,(H,26,28). The first kappa shape index (κ1) is 26.4. The maximum atomic E-state index is 12.6. The molecule has 34 heavy (non-hydrogen) atoms. The highest BCUT2D eigenvalue weighted by Gasteiger charge is 2.33. The first-order valence-corrected chi connectivity index (χ1v) is 14.0. The molecular formula is C25H34N2O5S2. The summed E-state index contributed by atoms with van der Waals surface area (Å²) in [4.78, 5) is 25.0. The van der Waals surface area contributed by atoms with Crippen molar-refractivity contribution in [3.8, 4) is 0 Å². The van der Waals surface area contributed by atoms with E-state index < -0.39 is 21.9 Å². The number of nitrogens with one attached hydrogen (secondary N) is 1. The number of ether oxygens (including phenoxy) is 1. The van der Waals surface area contributed by atoms with Gasteiger partial charge in [-0.15, -0.1) is 11.3 Å². The highest BCUT2D eigenvalue weighted by Crippen LogP contribution is 2.27. The van der Waals surface area contributed by atoms with E-state index in [1.807, 2.05) is 26.0 Å². The van der Waals surface area contributed by atoms with Crippen molar-refractivity contribution in [2.75, 3.05) is 19.7 Å². The summed E-state index contributed by atoms with van der Waals surface area (Å²) in [7, 11) is -3.51. The van der Waals surface area contributed by atoms with Crippen LogP contribution >= 0.6 is 11.3 Å². The van der Waals surface area contributed by atoms with E-state index in [1.165, 1.54) is 21.2 Å². The topological polar surface area (TPSA) is 92.8 Å². The zero-order valence-corrected chi connectivity index (χ0v) is 21.8. The number of sulfonamides is 1. The van der Waals surface area contributed by atoms with Crippen LogP contribution in [-0.2, 0) is 24.3 Å². The molecule has 2 aromatic rings. The van der Waals surface area contributed by atoms with Crippen LogP contribution in [0.3, 0.4) is 0 Å². The van der Waals surface area contributed by atoms with Gasteiger partial charge in [-0.05, 0) is 47.3 Å². The third kappa shape index (κ3) is 6.46. The zero-order valence-electron chi connectivity index (χ0n) is 20.2. The van der Waals surface area contributed by atoms with E-state index in [2.05, 4.69) is 31.3 Å². The summed E-state index contributed by atoms with van der Waals surface area (Å²) in [5.41, 5.74) is 2.25. The molecule has 1 N–H and O–H groups in total. The minimum atomic E-state index is -3.51. The molecule has 1 saturated heterocycles. The summed E-state index contributed by atoms with van der Waals surface area (Å²) < 4.78 is 32.3. The maximum Gasteiger partial charge on any atom is 0.309 e. The van der Waals surface area contributed by atoms with Gasteiger partial charge in [0.05, 0.1) is 12.0 Å². The molecular weight excluding hydrogens is 472 g/mol. The normalized spacial score (nSPS) is 16.5. The lowest BCUT2D eigenvalue weighted by Crippen LogP contribution is -2.41. The molecule has 1 aliphatic rings. The molecule has 186 valence electrons. The molecule has 1 atom stereocenters. The number of hydrogen-bond acceptors (Lipinski definition) is 6. The van der Waals surface area contributed by atoms with Crippen LogP contribution in [0.25, 0.3) is 0 Å². The number of piperidine rings is 1. The molecule has 3 rings (SSSR count). The van der Waals surface area contributed by atoms with Gasteiger partial charge >= 0.3 is 5.97 Å². The molecule has 1 aromatic heterocycles. The third-order valence-corrected chi connectivity index (χ3v) is 9.44. The van der Waals surface area contributed by atoms with E-state index in [-0.39, 0.29) is 37.6 Å². The fourth-order valence-electron chi connectivity index (χ4n) is 4.06. The van der Waals surface area contributed by atoms with Gasteiger partial charge in [-0.2, -0.15) is 4.31 Å². The number of nitrogens with zero attached hydrogens (tertiary/aromatic N) is 1. The number of rotatable bonds is 9. The summed E-state index contributed by atoms with van der Waals surface area (Å²) in [6.07, 6.45) is 0.754. The number of hydrogen-bond donors (Lipinski definition) is 1. The van der Waals surface area contributed by atoms with Gasteiger partial charge in [0.25, 0.3) is 15.9 Å². The second-order valence-electron chi connectivity index (χ2n) is 9.33.